The molecule has 4 rings (SSSR count). The number of pyridine rings is 2. The number of aromatic nitrogens is 2. The first-order chi connectivity index (χ1) is 13.7. The maximum atomic E-state index is 13.7. The summed E-state index contributed by atoms with van der Waals surface area (Å²) in [6.45, 7) is 3.94. The van der Waals surface area contributed by atoms with Gasteiger partial charge in [-0.2, -0.15) is 0 Å². The van der Waals surface area contributed by atoms with Crippen LogP contribution in [0.15, 0.2) is 85.3 Å². The van der Waals surface area contributed by atoms with Crippen molar-refractivity contribution in [1.82, 2.24) is 9.97 Å². The van der Waals surface area contributed by atoms with Crippen LogP contribution in [0.3, 0.4) is 0 Å². The molecule has 0 saturated heterocycles. The maximum absolute atomic E-state index is 13.7. The normalized spacial score (nSPS) is 11.9. The average Bonchev–Trinajstić information content (AvgIpc) is 2.75. The van der Waals surface area contributed by atoms with Crippen LogP contribution < -0.4 is 4.90 Å². The van der Waals surface area contributed by atoms with E-state index in [1.165, 1.54) is 0 Å². The zero-order chi connectivity index (χ0) is 19.5. The van der Waals surface area contributed by atoms with Crippen LogP contribution >= 0.6 is 0 Å². The van der Waals surface area contributed by atoms with Crippen LogP contribution in [0.5, 0.6) is 0 Å². The minimum Gasteiger partial charge on any atom is -0.285 e. The summed E-state index contributed by atoms with van der Waals surface area (Å²) >= 11 is 0. The molecule has 4 aromatic rings. The quantitative estimate of drug-likeness (QED) is 0.489. The van der Waals surface area contributed by atoms with Gasteiger partial charge >= 0.3 is 0 Å². The van der Waals surface area contributed by atoms with Crippen LogP contribution in [0, 0.1) is 6.92 Å². The Morgan fingerprint density at radius 2 is 1.68 bits per heavy atom. The van der Waals surface area contributed by atoms with E-state index >= 15 is 0 Å². The Kier molecular flexibility index (Phi) is 4.85. The second kappa shape index (κ2) is 7.61. The Labute approximate surface area is 164 Å². The summed E-state index contributed by atoms with van der Waals surface area (Å²) in [5.41, 5.74) is 2.53. The molecule has 0 aliphatic rings. The van der Waals surface area contributed by atoms with Gasteiger partial charge in [0.2, 0.25) is 0 Å². The highest BCUT2D eigenvalue weighted by molar-refractivity contribution is 6.10. The van der Waals surface area contributed by atoms with Crippen molar-refractivity contribution in [3.05, 3.63) is 102 Å². The Balaban J connectivity index is 1.91. The van der Waals surface area contributed by atoms with E-state index in [1.54, 1.807) is 29.6 Å². The number of benzene rings is 2. The van der Waals surface area contributed by atoms with Gasteiger partial charge in [0.15, 0.2) is 0 Å². The fourth-order valence-electron chi connectivity index (χ4n) is 3.47. The predicted molar refractivity (Wildman–Crippen MR) is 112 cm³/mol. The number of aryl methyl sites for hydroxylation is 1. The van der Waals surface area contributed by atoms with Gasteiger partial charge in [0.1, 0.15) is 5.82 Å². The van der Waals surface area contributed by atoms with E-state index in [0.717, 1.165) is 21.9 Å². The van der Waals surface area contributed by atoms with E-state index in [2.05, 4.69) is 9.97 Å². The molecule has 0 aliphatic carbocycles. The lowest BCUT2D eigenvalue weighted by molar-refractivity contribution is 0.0977. The third kappa shape index (κ3) is 3.25. The van der Waals surface area contributed by atoms with E-state index in [0.29, 0.717) is 11.4 Å². The number of nitrogens with zero attached hydrogens (tertiary/aromatic N) is 3. The van der Waals surface area contributed by atoms with Crippen molar-refractivity contribution in [3.63, 3.8) is 0 Å². The molecule has 28 heavy (non-hydrogen) atoms. The number of fused-ring (bicyclic) bond motifs is 1. The lowest BCUT2D eigenvalue weighted by Gasteiger charge is -2.30. The van der Waals surface area contributed by atoms with Gasteiger partial charge in [-0.1, -0.05) is 54.6 Å². The second-order valence-corrected chi connectivity index (χ2v) is 6.81. The fraction of sp³-hybridized carbons (Fsp3) is 0.125. The zero-order valence-corrected chi connectivity index (χ0v) is 15.9. The lowest BCUT2D eigenvalue weighted by atomic mass is 10.0. The molecule has 4 nitrogen and oxygen atoms in total. The van der Waals surface area contributed by atoms with Gasteiger partial charge in [0.25, 0.3) is 5.91 Å². The van der Waals surface area contributed by atoms with E-state index in [9.17, 15) is 4.79 Å². The van der Waals surface area contributed by atoms with Crippen molar-refractivity contribution in [1.29, 1.82) is 0 Å². The maximum Gasteiger partial charge on any atom is 0.260 e. The summed E-state index contributed by atoms with van der Waals surface area (Å²) in [5.74, 6) is 0.579. The average molecular weight is 367 g/mol. The molecule has 1 amide bonds. The molecular formula is C24H21N3O. The molecule has 4 heteroatoms. The molecule has 2 heterocycles. The molecule has 0 radical (unpaired) electrons. The third-order valence-corrected chi connectivity index (χ3v) is 5.02. The Morgan fingerprint density at radius 3 is 2.46 bits per heavy atom. The monoisotopic (exact) mass is 367 g/mol. The first-order valence-electron chi connectivity index (χ1n) is 9.29. The summed E-state index contributed by atoms with van der Waals surface area (Å²) in [6, 6.07) is 21.6. The number of amides is 1. The summed E-state index contributed by atoms with van der Waals surface area (Å²) in [7, 11) is 0. The molecule has 0 aliphatic heterocycles. The SMILES string of the molecule is Cc1cnccc1C(=O)N(c1nccc2ccccc12)[C@H](C)c1ccccc1. The Bertz CT molecular complexity index is 1120. The number of hydrogen-bond donors (Lipinski definition) is 0. The number of rotatable bonds is 4. The molecule has 2 aromatic heterocycles. The molecular weight excluding hydrogens is 346 g/mol. The van der Waals surface area contributed by atoms with Gasteiger partial charge in [0.05, 0.1) is 6.04 Å². The predicted octanol–water partition coefficient (Wildman–Crippen LogP) is 5.35. The lowest BCUT2D eigenvalue weighted by Crippen LogP contribution is -2.35. The highest BCUT2D eigenvalue weighted by Gasteiger charge is 2.27. The van der Waals surface area contributed by atoms with Gasteiger partial charge in [0, 0.05) is 29.5 Å². The molecule has 0 N–H and O–H groups in total. The van der Waals surface area contributed by atoms with Crippen LogP contribution in [0.4, 0.5) is 5.82 Å². The highest BCUT2D eigenvalue weighted by Crippen LogP contribution is 2.32. The van der Waals surface area contributed by atoms with E-state index in [1.807, 2.05) is 74.5 Å². The minimum absolute atomic E-state index is 0.0832. The van der Waals surface area contributed by atoms with Crippen LogP contribution in [0.2, 0.25) is 0 Å². The van der Waals surface area contributed by atoms with Gasteiger partial charge in [-0.3, -0.25) is 14.7 Å². The van der Waals surface area contributed by atoms with E-state index in [-0.39, 0.29) is 11.9 Å². The van der Waals surface area contributed by atoms with Crippen LogP contribution in [-0.4, -0.2) is 15.9 Å². The molecule has 138 valence electrons. The Morgan fingerprint density at radius 1 is 0.929 bits per heavy atom. The molecule has 2 aromatic carbocycles. The minimum atomic E-state index is -0.181. The zero-order valence-electron chi connectivity index (χ0n) is 15.9. The number of carbonyl (C=O) groups excluding carboxylic acids is 1. The standard InChI is InChI=1S/C24H21N3O/c1-17-16-25-14-13-21(17)24(28)27(18(2)19-8-4-3-5-9-19)23-22-11-7-6-10-20(22)12-15-26-23/h3-16,18H,1-2H3/t18-/m1/s1. The van der Waals surface area contributed by atoms with Gasteiger partial charge in [-0.25, -0.2) is 4.98 Å². The van der Waals surface area contributed by atoms with Crippen LogP contribution in [0.1, 0.15) is 34.5 Å². The summed E-state index contributed by atoms with van der Waals surface area (Å²) in [5, 5.41) is 2.00. The van der Waals surface area contributed by atoms with E-state index in [4.69, 9.17) is 0 Å². The largest absolute Gasteiger partial charge is 0.285 e. The van der Waals surface area contributed by atoms with Crippen LogP contribution in [0.25, 0.3) is 10.8 Å². The Hall–Kier alpha value is -3.53. The molecule has 0 unspecified atom stereocenters. The fourth-order valence-corrected chi connectivity index (χ4v) is 3.47. The van der Waals surface area contributed by atoms with Gasteiger partial charge < -0.3 is 0 Å². The summed E-state index contributed by atoms with van der Waals surface area (Å²) < 4.78 is 0. The smallest absolute Gasteiger partial charge is 0.260 e. The molecule has 0 bridgehead atoms. The van der Waals surface area contributed by atoms with Crippen molar-refractivity contribution in [3.8, 4) is 0 Å². The number of anilines is 1. The first kappa shape index (κ1) is 17.9. The van der Waals surface area contributed by atoms with Crippen molar-refractivity contribution in [2.24, 2.45) is 0 Å². The molecule has 0 spiro atoms. The molecule has 0 fully saturated rings. The van der Waals surface area contributed by atoms with Crippen molar-refractivity contribution >= 4 is 22.5 Å². The number of carbonyl (C=O) groups is 1. The topological polar surface area (TPSA) is 46.1 Å². The summed E-state index contributed by atoms with van der Waals surface area (Å²) in [4.78, 5) is 24.2. The van der Waals surface area contributed by atoms with Crippen LogP contribution in [-0.2, 0) is 0 Å². The second-order valence-electron chi connectivity index (χ2n) is 6.81. The molecule has 1 atom stereocenters. The van der Waals surface area contributed by atoms with Gasteiger partial charge in [-0.15, -0.1) is 0 Å². The van der Waals surface area contributed by atoms with Crippen molar-refractivity contribution < 1.29 is 4.79 Å². The van der Waals surface area contributed by atoms with Crippen molar-refractivity contribution in [2.45, 2.75) is 19.9 Å². The summed E-state index contributed by atoms with van der Waals surface area (Å²) in [6.07, 6.45) is 5.13. The van der Waals surface area contributed by atoms with Gasteiger partial charge in [-0.05, 0) is 42.5 Å². The van der Waals surface area contributed by atoms with E-state index < -0.39 is 0 Å². The highest BCUT2D eigenvalue weighted by atomic mass is 16.2. The number of hydrogen-bond acceptors (Lipinski definition) is 3. The third-order valence-electron chi connectivity index (χ3n) is 5.02. The molecule has 0 saturated carbocycles. The first-order valence-corrected chi connectivity index (χ1v) is 9.29. The van der Waals surface area contributed by atoms with Crippen molar-refractivity contribution in [2.75, 3.05) is 4.90 Å².